The number of carbonyl (C=O) groups excluding carboxylic acids is 2. The van der Waals surface area contributed by atoms with Crippen LogP contribution in [0.1, 0.15) is 16.1 Å². The zero-order valence-electron chi connectivity index (χ0n) is 13.6. The number of carbonyl (C=O) groups is 2. The Morgan fingerprint density at radius 3 is 2.46 bits per heavy atom. The Labute approximate surface area is 158 Å². The summed E-state index contributed by atoms with van der Waals surface area (Å²) in [5.74, 6) is -0.812. The van der Waals surface area contributed by atoms with Crippen molar-refractivity contribution in [1.82, 2.24) is 5.32 Å². The Bertz CT molecular complexity index is 935. The highest BCUT2D eigenvalue weighted by Gasteiger charge is 2.16. The first-order chi connectivity index (χ1) is 12.6. The summed E-state index contributed by atoms with van der Waals surface area (Å²) >= 11 is 3.39. The predicted molar refractivity (Wildman–Crippen MR) is 103 cm³/mol. The highest BCUT2D eigenvalue weighted by atomic mass is 79.9. The first kappa shape index (κ1) is 17.7. The summed E-state index contributed by atoms with van der Waals surface area (Å²) in [7, 11) is 0. The zero-order chi connectivity index (χ0) is 18.4. The van der Waals surface area contributed by atoms with Crippen molar-refractivity contribution in [2.45, 2.75) is 0 Å². The van der Waals surface area contributed by atoms with Crippen LogP contribution in [0.15, 0.2) is 87.6 Å². The van der Waals surface area contributed by atoms with Crippen molar-refractivity contribution >= 4 is 39.5 Å². The Hall–Kier alpha value is -3.12. The standard InChI is InChI=1S/C20H15BrN2O3/c21-15-7-4-6-14(12-15)13-17(23-20(25)18-10-5-11-26-18)19(24)22-16-8-2-1-3-9-16/h1-13H,(H,22,24)(H,23,25). The average molecular weight is 411 g/mol. The molecule has 0 atom stereocenters. The largest absolute Gasteiger partial charge is 0.459 e. The lowest BCUT2D eigenvalue weighted by Crippen LogP contribution is -2.30. The van der Waals surface area contributed by atoms with Crippen LogP contribution in [-0.2, 0) is 4.79 Å². The van der Waals surface area contributed by atoms with Crippen molar-refractivity contribution in [3.8, 4) is 0 Å². The molecule has 0 fully saturated rings. The third-order valence-corrected chi connectivity index (χ3v) is 3.92. The molecule has 130 valence electrons. The van der Waals surface area contributed by atoms with Gasteiger partial charge in [0.05, 0.1) is 6.26 Å². The quantitative estimate of drug-likeness (QED) is 0.610. The summed E-state index contributed by atoms with van der Waals surface area (Å²) in [6, 6.07) is 19.5. The summed E-state index contributed by atoms with van der Waals surface area (Å²) in [6.07, 6.45) is 3.00. The van der Waals surface area contributed by atoms with E-state index < -0.39 is 11.8 Å². The van der Waals surface area contributed by atoms with E-state index in [1.165, 1.54) is 12.3 Å². The van der Waals surface area contributed by atoms with Gasteiger partial charge in [-0.05, 0) is 48.0 Å². The number of furan rings is 1. The number of hydrogen-bond donors (Lipinski definition) is 2. The molecule has 0 spiro atoms. The number of benzene rings is 2. The van der Waals surface area contributed by atoms with Gasteiger partial charge in [0.2, 0.25) is 0 Å². The molecule has 0 saturated carbocycles. The van der Waals surface area contributed by atoms with Crippen LogP contribution in [0.5, 0.6) is 0 Å². The molecule has 2 amide bonds. The third-order valence-electron chi connectivity index (χ3n) is 3.43. The topological polar surface area (TPSA) is 71.3 Å². The molecule has 1 aromatic heterocycles. The van der Waals surface area contributed by atoms with Crippen LogP contribution < -0.4 is 10.6 Å². The zero-order valence-corrected chi connectivity index (χ0v) is 15.2. The van der Waals surface area contributed by atoms with E-state index in [-0.39, 0.29) is 11.5 Å². The molecule has 0 aliphatic heterocycles. The molecule has 0 saturated heterocycles. The van der Waals surface area contributed by atoms with Crippen LogP contribution in [-0.4, -0.2) is 11.8 Å². The maximum absolute atomic E-state index is 12.7. The van der Waals surface area contributed by atoms with Crippen LogP contribution in [0.2, 0.25) is 0 Å². The minimum atomic E-state index is -0.501. The van der Waals surface area contributed by atoms with E-state index in [4.69, 9.17) is 4.42 Å². The fourth-order valence-electron chi connectivity index (χ4n) is 2.23. The normalized spacial score (nSPS) is 11.0. The van der Waals surface area contributed by atoms with Gasteiger partial charge in [0, 0.05) is 10.2 Å². The monoisotopic (exact) mass is 410 g/mol. The lowest BCUT2D eigenvalue weighted by Gasteiger charge is -2.10. The molecule has 0 aliphatic carbocycles. The van der Waals surface area contributed by atoms with Gasteiger partial charge in [0.1, 0.15) is 5.70 Å². The number of hydrogen-bond acceptors (Lipinski definition) is 3. The van der Waals surface area contributed by atoms with Gasteiger partial charge in [0.25, 0.3) is 11.8 Å². The fourth-order valence-corrected chi connectivity index (χ4v) is 2.65. The lowest BCUT2D eigenvalue weighted by molar-refractivity contribution is -0.113. The Morgan fingerprint density at radius 1 is 0.962 bits per heavy atom. The number of amides is 2. The van der Waals surface area contributed by atoms with Crippen LogP contribution in [0, 0.1) is 0 Å². The highest BCUT2D eigenvalue weighted by Crippen LogP contribution is 2.15. The molecule has 5 nitrogen and oxygen atoms in total. The first-order valence-electron chi connectivity index (χ1n) is 7.80. The molecule has 1 heterocycles. The van der Waals surface area contributed by atoms with Crippen LogP contribution in [0.3, 0.4) is 0 Å². The molecule has 2 aromatic carbocycles. The molecule has 0 bridgehead atoms. The van der Waals surface area contributed by atoms with E-state index in [1.54, 1.807) is 24.3 Å². The van der Waals surface area contributed by atoms with Crippen molar-refractivity contribution in [3.05, 3.63) is 94.5 Å². The van der Waals surface area contributed by atoms with E-state index in [0.29, 0.717) is 5.69 Å². The minimum Gasteiger partial charge on any atom is -0.459 e. The number of nitrogens with one attached hydrogen (secondary N) is 2. The number of halogens is 1. The smallest absolute Gasteiger partial charge is 0.291 e. The Kier molecular flexibility index (Phi) is 5.66. The summed E-state index contributed by atoms with van der Waals surface area (Å²) < 4.78 is 5.95. The number of anilines is 1. The van der Waals surface area contributed by atoms with Gasteiger partial charge in [-0.25, -0.2) is 0 Å². The molecule has 3 aromatic rings. The average Bonchev–Trinajstić information content (AvgIpc) is 3.17. The van der Waals surface area contributed by atoms with Crippen molar-refractivity contribution in [2.75, 3.05) is 5.32 Å². The lowest BCUT2D eigenvalue weighted by atomic mass is 10.2. The summed E-state index contributed by atoms with van der Waals surface area (Å²) in [5.41, 5.74) is 1.50. The van der Waals surface area contributed by atoms with Crippen LogP contribution in [0.25, 0.3) is 6.08 Å². The van der Waals surface area contributed by atoms with Crippen LogP contribution >= 0.6 is 15.9 Å². The number of rotatable bonds is 5. The summed E-state index contributed by atoms with van der Waals surface area (Å²) in [5, 5.41) is 5.37. The van der Waals surface area contributed by atoms with E-state index in [0.717, 1.165) is 10.0 Å². The molecule has 3 rings (SSSR count). The Morgan fingerprint density at radius 2 is 1.77 bits per heavy atom. The van der Waals surface area contributed by atoms with Crippen molar-refractivity contribution in [3.63, 3.8) is 0 Å². The van der Waals surface area contributed by atoms with Gasteiger partial charge in [-0.2, -0.15) is 0 Å². The highest BCUT2D eigenvalue weighted by molar-refractivity contribution is 9.10. The maximum atomic E-state index is 12.7. The second-order valence-corrected chi connectivity index (χ2v) is 6.28. The summed E-state index contributed by atoms with van der Waals surface area (Å²) in [6.45, 7) is 0. The molecule has 0 radical (unpaired) electrons. The van der Waals surface area contributed by atoms with Gasteiger partial charge >= 0.3 is 0 Å². The van der Waals surface area contributed by atoms with E-state index in [1.807, 2.05) is 42.5 Å². The van der Waals surface area contributed by atoms with Crippen LogP contribution in [0.4, 0.5) is 5.69 Å². The molecular formula is C20H15BrN2O3. The van der Waals surface area contributed by atoms with Gasteiger partial charge in [0.15, 0.2) is 5.76 Å². The number of para-hydroxylation sites is 1. The Balaban J connectivity index is 1.87. The summed E-state index contributed by atoms with van der Waals surface area (Å²) in [4.78, 5) is 25.0. The predicted octanol–water partition coefficient (Wildman–Crippen LogP) is 4.45. The molecule has 6 heteroatoms. The van der Waals surface area contributed by atoms with Gasteiger partial charge in [-0.1, -0.05) is 46.3 Å². The molecule has 0 unspecified atom stereocenters. The molecule has 2 N–H and O–H groups in total. The van der Waals surface area contributed by atoms with Crippen molar-refractivity contribution < 1.29 is 14.0 Å². The minimum absolute atomic E-state index is 0.105. The van der Waals surface area contributed by atoms with Gasteiger partial charge in [-0.15, -0.1) is 0 Å². The SMILES string of the molecule is O=C(Nc1ccccc1)C(=Cc1cccc(Br)c1)NC(=O)c1ccco1. The molecule has 26 heavy (non-hydrogen) atoms. The molecular weight excluding hydrogens is 396 g/mol. The van der Waals surface area contributed by atoms with Crippen molar-refractivity contribution in [1.29, 1.82) is 0 Å². The van der Waals surface area contributed by atoms with E-state index in [2.05, 4.69) is 26.6 Å². The second-order valence-electron chi connectivity index (χ2n) is 5.36. The first-order valence-corrected chi connectivity index (χ1v) is 8.59. The van der Waals surface area contributed by atoms with Crippen molar-refractivity contribution in [2.24, 2.45) is 0 Å². The van der Waals surface area contributed by atoms with E-state index in [9.17, 15) is 9.59 Å². The third kappa shape index (κ3) is 4.70. The molecule has 0 aliphatic rings. The maximum Gasteiger partial charge on any atom is 0.291 e. The van der Waals surface area contributed by atoms with Gasteiger partial charge < -0.3 is 15.1 Å². The van der Waals surface area contributed by atoms with Gasteiger partial charge in [-0.3, -0.25) is 9.59 Å². The fraction of sp³-hybridized carbons (Fsp3) is 0. The second kappa shape index (κ2) is 8.31. The van der Waals surface area contributed by atoms with E-state index >= 15 is 0 Å².